The molecule has 0 aliphatic carbocycles. The lowest BCUT2D eigenvalue weighted by Gasteiger charge is -2.24. The molecule has 150 valence electrons. The zero-order valence-electron chi connectivity index (χ0n) is 17.1. The van der Waals surface area contributed by atoms with Crippen LogP contribution in [-0.2, 0) is 16.0 Å². The Hall–Kier alpha value is -2.73. The third kappa shape index (κ3) is 7.48. The van der Waals surface area contributed by atoms with Crippen LogP contribution in [0.2, 0.25) is 0 Å². The van der Waals surface area contributed by atoms with Gasteiger partial charge in [-0.05, 0) is 38.5 Å². The smallest absolute Gasteiger partial charge is 0.240 e. The molecule has 6 nitrogen and oxygen atoms in total. The Balaban J connectivity index is 1.99. The van der Waals surface area contributed by atoms with E-state index in [4.69, 9.17) is 0 Å². The predicted molar refractivity (Wildman–Crippen MR) is 111 cm³/mol. The molecule has 0 aliphatic heterocycles. The molecule has 1 aromatic carbocycles. The predicted octanol–water partition coefficient (Wildman–Crippen LogP) is 2.33. The van der Waals surface area contributed by atoms with Crippen LogP contribution in [0.4, 0.5) is 0 Å². The fraction of sp³-hybridized carbons (Fsp3) is 0.409. The molecule has 0 bridgehead atoms. The average Bonchev–Trinajstić information content (AvgIpc) is 2.66. The van der Waals surface area contributed by atoms with Crippen molar-refractivity contribution in [1.29, 1.82) is 0 Å². The molecule has 2 N–H and O–H groups in total. The molecule has 28 heavy (non-hydrogen) atoms. The summed E-state index contributed by atoms with van der Waals surface area (Å²) in [6.45, 7) is 6.19. The molecule has 0 fully saturated rings. The van der Waals surface area contributed by atoms with Gasteiger partial charge in [0.15, 0.2) is 0 Å². The maximum Gasteiger partial charge on any atom is 0.240 e. The number of hydrogen-bond donors (Lipinski definition) is 2. The maximum atomic E-state index is 12.6. The van der Waals surface area contributed by atoms with Gasteiger partial charge in [0.25, 0.3) is 0 Å². The zero-order chi connectivity index (χ0) is 20.6. The number of carbonyl (C=O) groups is 2. The quantitative estimate of drug-likeness (QED) is 0.735. The number of benzene rings is 1. The Kier molecular flexibility index (Phi) is 7.70. The molecule has 2 amide bonds. The van der Waals surface area contributed by atoms with E-state index in [1.165, 1.54) is 4.90 Å². The summed E-state index contributed by atoms with van der Waals surface area (Å²) in [4.78, 5) is 30.6. The van der Waals surface area contributed by atoms with Gasteiger partial charge in [0.2, 0.25) is 11.8 Å². The van der Waals surface area contributed by atoms with E-state index < -0.39 is 0 Å². The SMILES string of the molecule is CN(CC(=O)N[C@@H](Cc1ccccn1)c1ccccc1)C(=O)CNC(C)(C)C. The first kappa shape index (κ1) is 21.6. The monoisotopic (exact) mass is 382 g/mol. The Morgan fingerprint density at radius 3 is 2.36 bits per heavy atom. The highest BCUT2D eigenvalue weighted by Gasteiger charge is 2.19. The lowest BCUT2D eigenvalue weighted by atomic mass is 10.0. The van der Waals surface area contributed by atoms with Gasteiger partial charge in [0.05, 0.1) is 19.1 Å². The van der Waals surface area contributed by atoms with Crippen LogP contribution in [0.3, 0.4) is 0 Å². The van der Waals surface area contributed by atoms with Crippen LogP contribution in [0.25, 0.3) is 0 Å². The van der Waals surface area contributed by atoms with E-state index in [2.05, 4.69) is 15.6 Å². The zero-order valence-corrected chi connectivity index (χ0v) is 17.1. The second-order valence-corrected chi connectivity index (χ2v) is 7.91. The van der Waals surface area contributed by atoms with Crippen molar-refractivity contribution in [3.8, 4) is 0 Å². The first-order valence-corrected chi connectivity index (χ1v) is 9.48. The molecule has 2 rings (SSSR count). The molecule has 0 saturated heterocycles. The van der Waals surface area contributed by atoms with Gasteiger partial charge in [-0.15, -0.1) is 0 Å². The van der Waals surface area contributed by atoms with Gasteiger partial charge in [-0.2, -0.15) is 0 Å². The number of nitrogens with zero attached hydrogens (tertiary/aromatic N) is 2. The average molecular weight is 383 g/mol. The Labute approximate surface area is 167 Å². The number of amides is 2. The van der Waals surface area contributed by atoms with Crippen molar-refractivity contribution in [2.45, 2.75) is 38.8 Å². The summed E-state index contributed by atoms with van der Waals surface area (Å²) in [5, 5.41) is 6.19. The van der Waals surface area contributed by atoms with Gasteiger partial charge in [-0.25, -0.2) is 0 Å². The lowest BCUT2D eigenvalue weighted by molar-refractivity contribution is -0.134. The summed E-state index contributed by atoms with van der Waals surface area (Å²) in [6, 6.07) is 15.3. The van der Waals surface area contributed by atoms with Crippen molar-refractivity contribution in [2.24, 2.45) is 0 Å². The van der Waals surface area contributed by atoms with Crippen LogP contribution in [0, 0.1) is 0 Å². The minimum Gasteiger partial charge on any atom is -0.347 e. The van der Waals surface area contributed by atoms with Gasteiger partial charge < -0.3 is 15.5 Å². The summed E-state index contributed by atoms with van der Waals surface area (Å²) in [7, 11) is 1.64. The summed E-state index contributed by atoms with van der Waals surface area (Å²) in [5.74, 6) is -0.317. The minimum absolute atomic E-state index is 0.0101. The summed E-state index contributed by atoms with van der Waals surface area (Å²) in [6.07, 6.45) is 2.33. The fourth-order valence-electron chi connectivity index (χ4n) is 2.68. The molecule has 0 aliphatic rings. The largest absolute Gasteiger partial charge is 0.347 e. The van der Waals surface area contributed by atoms with Gasteiger partial charge in [-0.3, -0.25) is 14.6 Å². The Morgan fingerprint density at radius 2 is 1.75 bits per heavy atom. The molecular weight excluding hydrogens is 352 g/mol. The fourth-order valence-corrected chi connectivity index (χ4v) is 2.68. The highest BCUT2D eigenvalue weighted by atomic mass is 16.2. The number of rotatable bonds is 8. The summed E-state index contributed by atoms with van der Waals surface area (Å²) < 4.78 is 0. The molecule has 1 heterocycles. The van der Waals surface area contributed by atoms with E-state index in [1.807, 2.05) is 69.3 Å². The highest BCUT2D eigenvalue weighted by Crippen LogP contribution is 2.17. The van der Waals surface area contributed by atoms with Crippen LogP contribution < -0.4 is 10.6 Å². The normalized spacial score (nSPS) is 12.3. The van der Waals surface area contributed by atoms with E-state index in [0.29, 0.717) is 6.42 Å². The van der Waals surface area contributed by atoms with Gasteiger partial charge in [0.1, 0.15) is 0 Å². The van der Waals surface area contributed by atoms with Crippen molar-refractivity contribution in [3.05, 3.63) is 66.0 Å². The van der Waals surface area contributed by atoms with E-state index in [1.54, 1.807) is 13.2 Å². The van der Waals surface area contributed by atoms with Crippen LogP contribution in [0.5, 0.6) is 0 Å². The third-order valence-corrected chi connectivity index (χ3v) is 4.25. The second-order valence-electron chi connectivity index (χ2n) is 7.91. The van der Waals surface area contributed by atoms with Crippen molar-refractivity contribution in [3.63, 3.8) is 0 Å². The van der Waals surface area contributed by atoms with Gasteiger partial charge >= 0.3 is 0 Å². The summed E-state index contributed by atoms with van der Waals surface area (Å²) >= 11 is 0. The van der Waals surface area contributed by atoms with Crippen LogP contribution in [0.1, 0.15) is 38.1 Å². The number of pyridine rings is 1. The number of hydrogen-bond acceptors (Lipinski definition) is 4. The van der Waals surface area contributed by atoms with Gasteiger partial charge in [0, 0.05) is 30.9 Å². The maximum absolute atomic E-state index is 12.6. The molecule has 1 aromatic heterocycles. The summed E-state index contributed by atoms with van der Waals surface area (Å²) in [5.41, 5.74) is 1.75. The van der Waals surface area contributed by atoms with E-state index in [9.17, 15) is 9.59 Å². The second kappa shape index (κ2) is 9.99. The topological polar surface area (TPSA) is 74.3 Å². The molecular formula is C22H30N4O2. The molecule has 0 saturated carbocycles. The Bertz CT molecular complexity index is 757. The molecule has 0 unspecified atom stereocenters. The molecule has 2 aromatic rings. The number of carbonyl (C=O) groups excluding carboxylic acids is 2. The first-order valence-electron chi connectivity index (χ1n) is 9.48. The number of likely N-dealkylation sites (N-methyl/N-ethyl adjacent to an activating group) is 1. The molecule has 0 radical (unpaired) electrons. The van der Waals surface area contributed by atoms with E-state index in [0.717, 1.165) is 11.3 Å². The highest BCUT2D eigenvalue weighted by molar-refractivity contribution is 5.85. The van der Waals surface area contributed by atoms with Crippen LogP contribution >= 0.6 is 0 Å². The van der Waals surface area contributed by atoms with Crippen molar-refractivity contribution < 1.29 is 9.59 Å². The van der Waals surface area contributed by atoms with Crippen LogP contribution in [-0.4, -0.2) is 47.4 Å². The van der Waals surface area contributed by atoms with Crippen molar-refractivity contribution >= 4 is 11.8 Å². The minimum atomic E-state index is -0.209. The number of aromatic nitrogens is 1. The van der Waals surface area contributed by atoms with Crippen molar-refractivity contribution in [1.82, 2.24) is 20.5 Å². The third-order valence-electron chi connectivity index (χ3n) is 4.25. The van der Waals surface area contributed by atoms with E-state index >= 15 is 0 Å². The first-order chi connectivity index (χ1) is 13.2. The van der Waals surface area contributed by atoms with Crippen molar-refractivity contribution in [2.75, 3.05) is 20.1 Å². The lowest BCUT2D eigenvalue weighted by Crippen LogP contribution is -2.46. The standard InChI is InChI=1S/C22H30N4O2/c1-22(2,3)24-15-21(28)26(4)16-20(27)25-19(17-10-6-5-7-11-17)14-18-12-8-9-13-23-18/h5-13,19,24H,14-16H2,1-4H3,(H,25,27)/t19-/m0/s1. The van der Waals surface area contributed by atoms with E-state index in [-0.39, 0.29) is 36.5 Å². The molecule has 0 spiro atoms. The number of nitrogens with one attached hydrogen (secondary N) is 2. The molecule has 6 heteroatoms. The Morgan fingerprint density at radius 1 is 1.07 bits per heavy atom. The molecule has 1 atom stereocenters. The van der Waals surface area contributed by atoms with Gasteiger partial charge in [-0.1, -0.05) is 36.4 Å². The van der Waals surface area contributed by atoms with Crippen LogP contribution in [0.15, 0.2) is 54.7 Å².